The van der Waals surface area contributed by atoms with Crippen LogP contribution in [0.4, 0.5) is 0 Å². The Balaban J connectivity index is 2.24. The van der Waals surface area contributed by atoms with Crippen LogP contribution in [0.5, 0.6) is 0 Å². The highest BCUT2D eigenvalue weighted by atomic mass is 79.9. The normalized spacial score (nSPS) is 11.0. The van der Waals surface area contributed by atoms with Crippen LogP contribution in [0.2, 0.25) is 0 Å². The Morgan fingerprint density at radius 3 is 2.83 bits per heavy atom. The van der Waals surface area contributed by atoms with E-state index >= 15 is 0 Å². The Morgan fingerprint density at radius 1 is 1.58 bits per heavy atom. The maximum atomic E-state index is 3.44. The van der Waals surface area contributed by atoms with Crippen molar-refractivity contribution in [3.05, 3.63) is 15.9 Å². The molecule has 0 aliphatic rings. The average molecular weight is 266 g/mol. The van der Waals surface area contributed by atoms with Gasteiger partial charge in [0.1, 0.15) is 0 Å². The van der Waals surface area contributed by atoms with Crippen LogP contribution in [0.25, 0.3) is 0 Å². The highest BCUT2D eigenvalue weighted by Gasteiger charge is 1.98. The zero-order chi connectivity index (χ0) is 8.97. The SMILES string of the molecule is CC(C)NCSc1ccc(Br)s1. The van der Waals surface area contributed by atoms with Crippen molar-refractivity contribution in [3.63, 3.8) is 0 Å². The second kappa shape index (κ2) is 5.27. The van der Waals surface area contributed by atoms with Gasteiger partial charge in [-0.15, -0.1) is 11.3 Å². The molecule has 0 saturated heterocycles. The number of nitrogens with one attached hydrogen (secondary N) is 1. The first-order valence-electron chi connectivity index (χ1n) is 3.80. The Morgan fingerprint density at radius 2 is 2.33 bits per heavy atom. The summed E-state index contributed by atoms with van der Waals surface area (Å²) in [5.74, 6) is 0.991. The summed E-state index contributed by atoms with van der Waals surface area (Å²) in [4.78, 5) is 0. The van der Waals surface area contributed by atoms with Gasteiger partial charge in [0.2, 0.25) is 0 Å². The molecule has 0 bridgehead atoms. The van der Waals surface area contributed by atoms with E-state index in [9.17, 15) is 0 Å². The highest BCUT2D eigenvalue weighted by Crippen LogP contribution is 2.29. The number of thiophene rings is 1. The van der Waals surface area contributed by atoms with Crippen LogP contribution in [0.1, 0.15) is 13.8 Å². The van der Waals surface area contributed by atoms with Crippen LogP contribution in [0.15, 0.2) is 20.1 Å². The molecule has 1 aromatic heterocycles. The van der Waals surface area contributed by atoms with Gasteiger partial charge in [0.25, 0.3) is 0 Å². The van der Waals surface area contributed by atoms with Gasteiger partial charge in [0, 0.05) is 11.9 Å². The van der Waals surface area contributed by atoms with Crippen LogP contribution >= 0.6 is 39.0 Å². The number of rotatable bonds is 4. The van der Waals surface area contributed by atoms with Crippen molar-refractivity contribution < 1.29 is 0 Å². The lowest BCUT2D eigenvalue weighted by molar-refractivity contribution is 0.655. The van der Waals surface area contributed by atoms with Crippen molar-refractivity contribution in [2.45, 2.75) is 24.1 Å². The standard InChI is InChI=1S/C8H12BrNS2/c1-6(2)10-5-11-8-4-3-7(9)12-8/h3-4,6,10H,5H2,1-2H3. The number of hydrogen-bond acceptors (Lipinski definition) is 3. The fraction of sp³-hybridized carbons (Fsp3) is 0.500. The molecule has 0 fully saturated rings. The van der Waals surface area contributed by atoms with Crippen LogP contribution in [0.3, 0.4) is 0 Å². The molecule has 1 N–H and O–H groups in total. The van der Waals surface area contributed by atoms with E-state index in [0.29, 0.717) is 6.04 Å². The van der Waals surface area contributed by atoms with E-state index in [1.54, 1.807) is 11.3 Å². The van der Waals surface area contributed by atoms with Crippen molar-refractivity contribution in [3.8, 4) is 0 Å². The monoisotopic (exact) mass is 265 g/mol. The molecule has 0 amide bonds. The molecule has 0 atom stereocenters. The first-order valence-corrected chi connectivity index (χ1v) is 6.39. The second-order valence-corrected chi connectivity index (χ2v) is 6.44. The van der Waals surface area contributed by atoms with E-state index in [-0.39, 0.29) is 0 Å². The van der Waals surface area contributed by atoms with E-state index in [1.807, 2.05) is 11.8 Å². The van der Waals surface area contributed by atoms with Crippen molar-refractivity contribution in [1.29, 1.82) is 0 Å². The van der Waals surface area contributed by atoms with Gasteiger partial charge >= 0.3 is 0 Å². The predicted octanol–water partition coefficient (Wildman–Crippen LogP) is 3.56. The smallest absolute Gasteiger partial charge is 0.0710 e. The van der Waals surface area contributed by atoms with E-state index in [1.165, 1.54) is 8.00 Å². The molecule has 1 aromatic rings. The zero-order valence-electron chi connectivity index (χ0n) is 7.13. The van der Waals surface area contributed by atoms with Gasteiger partial charge in [-0.25, -0.2) is 0 Å². The average Bonchev–Trinajstić information content (AvgIpc) is 2.35. The van der Waals surface area contributed by atoms with Gasteiger partial charge in [-0.3, -0.25) is 0 Å². The van der Waals surface area contributed by atoms with E-state index in [0.717, 1.165) is 5.88 Å². The Hall–Kier alpha value is 0.490. The summed E-state index contributed by atoms with van der Waals surface area (Å²) >= 11 is 7.06. The predicted molar refractivity (Wildman–Crippen MR) is 61.0 cm³/mol. The third-order valence-electron chi connectivity index (χ3n) is 1.25. The van der Waals surface area contributed by atoms with Crippen LogP contribution in [-0.2, 0) is 0 Å². The quantitative estimate of drug-likeness (QED) is 0.660. The molecule has 1 heterocycles. The Labute approximate surface area is 90.1 Å². The summed E-state index contributed by atoms with van der Waals surface area (Å²) in [6, 6.07) is 4.80. The molecule has 68 valence electrons. The highest BCUT2D eigenvalue weighted by molar-refractivity contribution is 9.11. The van der Waals surface area contributed by atoms with Crippen molar-refractivity contribution >= 4 is 39.0 Å². The number of hydrogen-bond donors (Lipinski definition) is 1. The van der Waals surface area contributed by atoms with Crippen LogP contribution < -0.4 is 5.32 Å². The Kier molecular flexibility index (Phi) is 4.64. The summed E-state index contributed by atoms with van der Waals surface area (Å²) in [7, 11) is 0. The summed E-state index contributed by atoms with van der Waals surface area (Å²) in [5, 5.41) is 3.36. The summed E-state index contributed by atoms with van der Waals surface area (Å²) in [5.41, 5.74) is 0. The van der Waals surface area contributed by atoms with Gasteiger partial charge in [-0.1, -0.05) is 25.6 Å². The minimum absolute atomic E-state index is 0.570. The molecule has 4 heteroatoms. The molecule has 0 aliphatic carbocycles. The second-order valence-electron chi connectivity index (χ2n) is 2.71. The lowest BCUT2D eigenvalue weighted by Gasteiger charge is -2.05. The van der Waals surface area contributed by atoms with Gasteiger partial charge in [0.05, 0.1) is 8.00 Å². The molecule has 0 unspecified atom stereocenters. The fourth-order valence-electron chi connectivity index (χ4n) is 0.655. The summed E-state index contributed by atoms with van der Waals surface area (Å²) < 4.78 is 2.56. The van der Waals surface area contributed by atoms with Crippen molar-refractivity contribution in [2.24, 2.45) is 0 Å². The molecule has 0 spiro atoms. The first-order chi connectivity index (χ1) is 5.68. The van der Waals surface area contributed by atoms with Crippen LogP contribution in [-0.4, -0.2) is 11.9 Å². The molecule has 0 aromatic carbocycles. The third kappa shape index (κ3) is 3.94. The topological polar surface area (TPSA) is 12.0 Å². The lowest BCUT2D eigenvalue weighted by atomic mass is 10.4. The van der Waals surface area contributed by atoms with Crippen LogP contribution in [0, 0.1) is 0 Å². The fourth-order valence-corrected chi connectivity index (χ4v) is 3.50. The molecule has 1 rings (SSSR count). The van der Waals surface area contributed by atoms with E-state index in [2.05, 4.69) is 47.2 Å². The zero-order valence-corrected chi connectivity index (χ0v) is 10.4. The number of halogens is 1. The van der Waals surface area contributed by atoms with Crippen molar-refractivity contribution in [2.75, 3.05) is 5.88 Å². The van der Waals surface area contributed by atoms with E-state index < -0.39 is 0 Å². The minimum Gasteiger partial charge on any atom is -0.305 e. The Bertz CT molecular complexity index is 235. The van der Waals surface area contributed by atoms with Crippen molar-refractivity contribution in [1.82, 2.24) is 5.32 Å². The largest absolute Gasteiger partial charge is 0.305 e. The van der Waals surface area contributed by atoms with Gasteiger partial charge in [-0.2, -0.15) is 0 Å². The molecule has 0 radical (unpaired) electrons. The first kappa shape index (κ1) is 10.6. The van der Waals surface area contributed by atoms with Gasteiger partial charge < -0.3 is 5.32 Å². The molecule has 0 aliphatic heterocycles. The molecule has 1 nitrogen and oxygen atoms in total. The third-order valence-corrected chi connectivity index (χ3v) is 4.01. The van der Waals surface area contributed by atoms with Gasteiger partial charge in [-0.05, 0) is 28.1 Å². The lowest BCUT2D eigenvalue weighted by Crippen LogP contribution is -2.21. The minimum atomic E-state index is 0.570. The molecule has 12 heavy (non-hydrogen) atoms. The summed E-state index contributed by atoms with van der Waals surface area (Å²) in [6.45, 7) is 4.32. The van der Waals surface area contributed by atoms with E-state index in [4.69, 9.17) is 0 Å². The number of thioether (sulfide) groups is 1. The molecular formula is C8H12BrNS2. The molecular weight excluding hydrogens is 254 g/mol. The molecule has 0 saturated carbocycles. The maximum absolute atomic E-state index is 3.44. The maximum Gasteiger partial charge on any atom is 0.0710 e. The van der Waals surface area contributed by atoms with Gasteiger partial charge in [0.15, 0.2) is 0 Å². The summed E-state index contributed by atoms with van der Waals surface area (Å²) in [6.07, 6.45) is 0.